The number of anilines is 3. The molecule has 2 aromatic rings. The number of fused-ring (bicyclic) bond motifs is 1. The summed E-state index contributed by atoms with van der Waals surface area (Å²) >= 11 is 5.99. The van der Waals surface area contributed by atoms with Gasteiger partial charge in [-0.25, -0.2) is 9.97 Å². The summed E-state index contributed by atoms with van der Waals surface area (Å²) in [7, 11) is 0. The largest absolute Gasteiger partial charge is 0.463 e. The number of nitrogens with one attached hydrogen (secondary N) is 1. The number of nitrogens with two attached hydrogens (primary N) is 1. The predicted molar refractivity (Wildman–Crippen MR) is 118 cm³/mol. The van der Waals surface area contributed by atoms with E-state index >= 15 is 0 Å². The zero-order chi connectivity index (χ0) is 23.0. The predicted octanol–water partition coefficient (Wildman–Crippen LogP) is 2.09. The first-order valence-corrected chi connectivity index (χ1v) is 10.6. The van der Waals surface area contributed by atoms with Gasteiger partial charge in [-0.2, -0.15) is 0 Å². The van der Waals surface area contributed by atoms with Crippen LogP contribution in [0.4, 0.5) is 17.3 Å². The van der Waals surface area contributed by atoms with Crippen molar-refractivity contribution < 1.29 is 24.1 Å². The summed E-state index contributed by atoms with van der Waals surface area (Å²) in [5, 5.41) is 15.3. The molecule has 32 heavy (non-hydrogen) atoms. The Kier molecular flexibility index (Phi) is 6.13. The van der Waals surface area contributed by atoms with Gasteiger partial charge in [0.15, 0.2) is 17.9 Å². The number of nitrogen functional groups attached to an aromatic ring is 1. The van der Waals surface area contributed by atoms with Crippen molar-refractivity contribution in [3.63, 3.8) is 0 Å². The molecular formula is C21H26ClN5O5. The number of benzene rings is 1. The van der Waals surface area contributed by atoms with E-state index in [0.717, 1.165) is 5.56 Å². The molecule has 2 aliphatic rings. The Hall–Kier alpha value is -2.66. The monoisotopic (exact) mass is 463 g/mol. The van der Waals surface area contributed by atoms with Crippen molar-refractivity contribution in [1.29, 1.82) is 0 Å². The Labute approximate surface area is 190 Å². The van der Waals surface area contributed by atoms with Gasteiger partial charge in [-0.3, -0.25) is 4.79 Å². The number of rotatable bonds is 6. The smallest absolute Gasteiger partial charge is 0.302 e. The molecule has 1 fully saturated rings. The fourth-order valence-corrected chi connectivity index (χ4v) is 4.20. The van der Waals surface area contributed by atoms with Gasteiger partial charge < -0.3 is 35.3 Å². The minimum Gasteiger partial charge on any atom is -0.463 e. The number of halogens is 1. The highest BCUT2D eigenvalue weighted by Gasteiger charge is 2.57. The number of aromatic nitrogens is 2. The molecule has 0 bridgehead atoms. The maximum atomic E-state index is 11.6. The Balaban J connectivity index is 1.61. The number of carbonyl (C=O) groups excluding carboxylic acids is 1. The highest BCUT2D eigenvalue weighted by Crippen LogP contribution is 2.43. The number of ether oxygens (including phenoxy) is 3. The highest BCUT2D eigenvalue weighted by atomic mass is 35.5. The minimum absolute atomic E-state index is 0.0694. The van der Waals surface area contributed by atoms with Gasteiger partial charge in [-0.05, 0) is 31.5 Å². The maximum absolute atomic E-state index is 11.6. The van der Waals surface area contributed by atoms with E-state index in [4.69, 9.17) is 31.5 Å². The van der Waals surface area contributed by atoms with Crippen molar-refractivity contribution >= 4 is 34.9 Å². The van der Waals surface area contributed by atoms with E-state index < -0.39 is 30.0 Å². The van der Waals surface area contributed by atoms with Gasteiger partial charge in [0.1, 0.15) is 36.4 Å². The van der Waals surface area contributed by atoms with Crippen LogP contribution in [0, 0.1) is 0 Å². The fourth-order valence-electron chi connectivity index (χ4n) is 4.07. The Morgan fingerprint density at radius 3 is 2.84 bits per heavy atom. The van der Waals surface area contributed by atoms with Gasteiger partial charge in [0.25, 0.3) is 0 Å². The van der Waals surface area contributed by atoms with Crippen LogP contribution in [0.1, 0.15) is 32.4 Å². The molecule has 10 nitrogen and oxygen atoms in total. The number of hydrogen-bond acceptors (Lipinski definition) is 10. The van der Waals surface area contributed by atoms with Crippen molar-refractivity contribution in [2.45, 2.75) is 50.9 Å². The van der Waals surface area contributed by atoms with Crippen LogP contribution < -0.4 is 16.0 Å². The molecule has 0 radical (unpaired) electrons. The lowest BCUT2D eigenvalue weighted by Gasteiger charge is -2.35. The van der Waals surface area contributed by atoms with Crippen LogP contribution in [0.3, 0.4) is 0 Å². The lowest BCUT2D eigenvalue weighted by molar-refractivity contribution is -0.150. The number of hydrogen-bond donors (Lipinski definition) is 3. The van der Waals surface area contributed by atoms with Crippen molar-refractivity contribution in [3.8, 4) is 0 Å². The lowest BCUT2D eigenvalue weighted by Crippen LogP contribution is -2.54. The summed E-state index contributed by atoms with van der Waals surface area (Å²) in [6, 6.07) is 7.26. The molecule has 172 valence electrons. The van der Waals surface area contributed by atoms with Gasteiger partial charge in [0, 0.05) is 11.9 Å². The van der Waals surface area contributed by atoms with E-state index in [9.17, 15) is 9.90 Å². The van der Waals surface area contributed by atoms with Crippen LogP contribution in [0.15, 0.2) is 30.6 Å². The van der Waals surface area contributed by atoms with Crippen LogP contribution in [0.25, 0.3) is 0 Å². The SMILES string of the molecule is CC(=O)OC[C@H]1O[C@@H](N2CNc3c(N)ncnc32)[C@](C)(O)[C@@H]1OC(C)c1ccc(Cl)cc1. The van der Waals surface area contributed by atoms with Crippen LogP contribution in [-0.2, 0) is 19.0 Å². The van der Waals surface area contributed by atoms with Gasteiger partial charge in [-0.1, -0.05) is 23.7 Å². The van der Waals surface area contributed by atoms with Crippen molar-refractivity contribution in [3.05, 3.63) is 41.2 Å². The Bertz CT molecular complexity index is 989. The molecular weight excluding hydrogens is 438 g/mol. The van der Waals surface area contributed by atoms with Gasteiger partial charge >= 0.3 is 5.97 Å². The van der Waals surface area contributed by atoms with Crippen LogP contribution in [0.2, 0.25) is 5.02 Å². The van der Waals surface area contributed by atoms with E-state index in [-0.39, 0.29) is 12.7 Å². The highest BCUT2D eigenvalue weighted by molar-refractivity contribution is 6.30. The second kappa shape index (κ2) is 8.70. The lowest BCUT2D eigenvalue weighted by atomic mass is 9.95. The van der Waals surface area contributed by atoms with E-state index in [1.54, 1.807) is 24.0 Å². The third kappa shape index (κ3) is 4.18. The van der Waals surface area contributed by atoms with Crippen LogP contribution in [-0.4, -0.2) is 58.4 Å². The van der Waals surface area contributed by atoms with E-state index in [2.05, 4.69) is 15.3 Å². The third-order valence-electron chi connectivity index (χ3n) is 5.70. The molecule has 0 aliphatic carbocycles. The Morgan fingerprint density at radius 2 is 2.16 bits per heavy atom. The van der Waals surface area contributed by atoms with Crippen molar-refractivity contribution in [2.75, 3.05) is 29.2 Å². The zero-order valence-electron chi connectivity index (χ0n) is 18.0. The summed E-state index contributed by atoms with van der Waals surface area (Å²) in [6.07, 6.45) is -1.39. The molecule has 0 amide bonds. The topological polar surface area (TPSA) is 132 Å². The summed E-state index contributed by atoms with van der Waals surface area (Å²) in [5.74, 6) is 0.367. The minimum atomic E-state index is -1.48. The molecule has 4 N–H and O–H groups in total. The van der Waals surface area contributed by atoms with E-state index in [1.165, 1.54) is 13.3 Å². The van der Waals surface area contributed by atoms with E-state index in [1.807, 2.05) is 19.1 Å². The standard InChI is InChI=1S/C21H26ClN5O5/c1-11(13-4-6-14(22)7-5-13)31-17-15(8-30-12(2)28)32-20(21(17,3)29)27-10-26-16-18(23)24-9-25-19(16)27/h4-7,9,11,15,17,20,26,29H,8,10H2,1-3H3,(H2,23,24,25)/t11?,15-,17-,20-,21-/m1/s1. The van der Waals surface area contributed by atoms with Crippen molar-refractivity contribution in [1.82, 2.24) is 9.97 Å². The number of esters is 1. The molecule has 2 aliphatic heterocycles. The molecule has 1 aromatic carbocycles. The Morgan fingerprint density at radius 1 is 1.44 bits per heavy atom. The van der Waals surface area contributed by atoms with Crippen LogP contribution >= 0.6 is 11.6 Å². The van der Waals surface area contributed by atoms with Gasteiger partial charge in [0.05, 0.1) is 12.8 Å². The maximum Gasteiger partial charge on any atom is 0.302 e. The molecule has 11 heteroatoms. The number of nitrogens with zero attached hydrogens (tertiary/aromatic N) is 3. The fraction of sp³-hybridized carbons (Fsp3) is 0.476. The second-order valence-electron chi connectivity index (χ2n) is 8.07. The molecule has 1 saturated heterocycles. The molecule has 0 spiro atoms. The summed E-state index contributed by atoms with van der Waals surface area (Å²) < 4.78 is 17.7. The average molecular weight is 464 g/mol. The molecule has 5 atom stereocenters. The number of aliphatic hydroxyl groups is 1. The average Bonchev–Trinajstić information content (AvgIpc) is 3.27. The second-order valence-corrected chi connectivity index (χ2v) is 8.50. The van der Waals surface area contributed by atoms with E-state index in [0.29, 0.717) is 29.0 Å². The first-order valence-electron chi connectivity index (χ1n) is 10.2. The summed E-state index contributed by atoms with van der Waals surface area (Å²) in [4.78, 5) is 21.5. The first-order chi connectivity index (χ1) is 15.2. The molecule has 0 saturated carbocycles. The first kappa shape index (κ1) is 22.5. The van der Waals surface area contributed by atoms with Gasteiger partial charge in [-0.15, -0.1) is 0 Å². The number of carbonyl (C=O) groups is 1. The van der Waals surface area contributed by atoms with Gasteiger partial charge in [0.2, 0.25) is 0 Å². The summed E-state index contributed by atoms with van der Waals surface area (Å²) in [6.45, 7) is 5.05. The van der Waals surface area contributed by atoms with Crippen molar-refractivity contribution in [2.24, 2.45) is 0 Å². The quantitative estimate of drug-likeness (QED) is 0.547. The molecule has 1 unspecified atom stereocenters. The molecule has 1 aromatic heterocycles. The third-order valence-corrected chi connectivity index (χ3v) is 5.95. The van der Waals surface area contributed by atoms with Crippen LogP contribution in [0.5, 0.6) is 0 Å². The molecule has 4 rings (SSSR count). The summed E-state index contributed by atoms with van der Waals surface area (Å²) in [5.41, 5.74) is 5.92. The normalized spacial score (nSPS) is 27.7. The molecule has 3 heterocycles. The zero-order valence-corrected chi connectivity index (χ0v) is 18.7.